The molecule has 1 atom stereocenters. The van der Waals surface area contributed by atoms with Crippen LogP contribution in [0, 0.1) is 0 Å². The standard InChI is InChI=1S/C11H21NO2/c1-4-5-6-7-11(14)12-9(2)8-10(3)13/h9H,4-8H2,1-3H3,(H,12,14). The average Bonchev–Trinajstić information content (AvgIpc) is 2.02. The molecule has 14 heavy (non-hydrogen) atoms. The minimum Gasteiger partial charge on any atom is -0.353 e. The Kier molecular flexibility index (Phi) is 7.07. The first kappa shape index (κ1) is 13.1. The second-order valence-corrected chi connectivity index (χ2v) is 3.83. The summed E-state index contributed by atoms with van der Waals surface area (Å²) in [7, 11) is 0. The van der Waals surface area contributed by atoms with Gasteiger partial charge in [-0.25, -0.2) is 0 Å². The smallest absolute Gasteiger partial charge is 0.220 e. The molecule has 0 saturated heterocycles. The van der Waals surface area contributed by atoms with Gasteiger partial charge in [0.1, 0.15) is 5.78 Å². The Morgan fingerprint density at radius 3 is 2.43 bits per heavy atom. The molecular formula is C11H21NO2. The van der Waals surface area contributed by atoms with Crippen LogP contribution in [0.25, 0.3) is 0 Å². The summed E-state index contributed by atoms with van der Waals surface area (Å²) < 4.78 is 0. The fraction of sp³-hybridized carbons (Fsp3) is 0.818. The van der Waals surface area contributed by atoms with Gasteiger partial charge in [0.15, 0.2) is 0 Å². The summed E-state index contributed by atoms with van der Waals surface area (Å²) in [4.78, 5) is 22.0. The van der Waals surface area contributed by atoms with Gasteiger partial charge in [-0.3, -0.25) is 9.59 Å². The summed E-state index contributed by atoms with van der Waals surface area (Å²) in [5.74, 6) is 0.179. The van der Waals surface area contributed by atoms with Crippen molar-refractivity contribution in [3.05, 3.63) is 0 Å². The van der Waals surface area contributed by atoms with E-state index < -0.39 is 0 Å². The Labute approximate surface area is 86.3 Å². The van der Waals surface area contributed by atoms with Crippen LogP contribution in [-0.2, 0) is 9.59 Å². The minimum atomic E-state index is -0.0263. The van der Waals surface area contributed by atoms with Gasteiger partial charge in [-0.15, -0.1) is 0 Å². The Morgan fingerprint density at radius 1 is 1.29 bits per heavy atom. The van der Waals surface area contributed by atoms with E-state index in [4.69, 9.17) is 0 Å². The summed E-state index contributed by atoms with van der Waals surface area (Å²) in [6.45, 7) is 5.51. The van der Waals surface area contributed by atoms with Gasteiger partial charge >= 0.3 is 0 Å². The zero-order valence-electron chi connectivity index (χ0n) is 9.43. The highest BCUT2D eigenvalue weighted by Gasteiger charge is 2.08. The predicted molar refractivity (Wildman–Crippen MR) is 57.0 cm³/mol. The van der Waals surface area contributed by atoms with Crippen molar-refractivity contribution in [2.45, 2.75) is 58.9 Å². The summed E-state index contributed by atoms with van der Waals surface area (Å²) >= 11 is 0. The highest BCUT2D eigenvalue weighted by atomic mass is 16.1. The number of hydrogen-bond acceptors (Lipinski definition) is 2. The number of amides is 1. The molecule has 0 aliphatic heterocycles. The normalized spacial score (nSPS) is 12.2. The molecule has 0 spiro atoms. The zero-order chi connectivity index (χ0) is 11.0. The quantitative estimate of drug-likeness (QED) is 0.638. The fourth-order valence-corrected chi connectivity index (χ4v) is 1.36. The number of nitrogens with one attached hydrogen (secondary N) is 1. The lowest BCUT2D eigenvalue weighted by Crippen LogP contribution is -2.33. The van der Waals surface area contributed by atoms with E-state index in [2.05, 4.69) is 12.2 Å². The van der Waals surface area contributed by atoms with Crippen LogP contribution in [0.15, 0.2) is 0 Å². The van der Waals surface area contributed by atoms with E-state index in [1.54, 1.807) is 6.92 Å². The van der Waals surface area contributed by atoms with Crippen molar-refractivity contribution in [2.75, 3.05) is 0 Å². The maximum atomic E-state index is 11.3. The van der Waals surface area contributed by atoms with Crippen LogP contribution in [-0.4, -0.2) is 17.7 Å². The molecule has 0 fully saturated rings. The lowest BCUT2D eigenvalue weighted by atomic mass is 10.1. The van der Waals surface area contributed by atoms with Gasteiger partial charge < -0.3 is 5.32 Å². The van der Waals surface area contributed by atoms with Crippen molar-refractivity contribution in [1.82, 2.24) is 5.32 Å². The largest absolute Gasteiger partial charge is 0.353 e. The predicted octanol–water partition coefficient (Wildman–Crippen LogP) is 2.05. The van der Waals surface area contributed by atoms with E-state index in [-0.39, 0.29) is 17.7 Å². The Hall–Kier alpha value is -0.860. The molecule has 0 aliphatic rings. The molecule has 0 radical (unpaired) electrons. The third kappa shape index (κ3) is 7.77. The zero-order valence-corrected chi connectivity index (χ0v) is 9.43. The molecule has 0 heterocycles. The lowest BCUT2D eigenvalue weighted by Gasteiger charge is -2.11. The number of Topliss-reactive ketones (excluding diaryl/α,β-unsaturated/α-hetero) is 1. The third-order valence-corrected chi connectivity index (χ3v) is 2.01. The topological polar surface area (TPSA) is 46.2 Å². The Balaban J connectivity index is 3.55. The van der Waals surface area contributed by atoms with E-state index in [0.29, 0.717) is 12.8 Å². The highest BCUT2D eigenvalue weighted by Crippen LogP contribution is 2.00. The number of carbonyl (C=O) groups excluding carboxylic acids is 2. The molecule has 1 amide bonds. The molecule has 0 saturated carbocycles. The lowest BCUT2D eigenvalue weighted by molar-refractivity contribution is -0.122. The first-order valence-corrected chi connectivity index (χ1v) is 5.35. The van der Waals surface area contributed by atoms with Crippen LogP contribution >= 0.6 is 0 Å². The fourth-order valence-electron chi connectivity index (χ4n) is 1.36. The van der Waals surface area contributed by atoms with Gasteiger partial charge in [-0.1, -0.05) is 19.8 Å². The minimum absolute atomic E-state index is 0.0263. The van der Waals surface area contributed by atoms with Gasteiger partial charge in [0, 0.05) is 18.9 Å². The molecule has 0 aromatic heterocycles. The van der Waals surface area contributed by atoms with Crippen LogP contribution < -0.4 is 5.32 Å². The summed E-state index contributed by atoms with van der Waals surface area (Å²) in [6.07, 6.45) is 4.16. The van der Waals surface area contributed by atoms with E-state index in [9.17, 15) is 9.59 Å². The van der Waals surface area contributed by atoms with Gasteiger partial charge in [-0.2, -0.15) is 0 Å². The SMILES string of the molecule is CCCCCC(=O)NC(C)CC(C)=O. The van der Waals surface area contributed by atoms with Crippen LogP contribution in [0.3, 0.4) is 0 Å². The average molecular weight is 199 g/mol. The van der Waals surface area contributed by atoms with Gasteiger partial charge in [0.2, 0.25) is 5.91 Å². The molecule has 0 aliphatic carbocycles. The van der Waals surface area contributed by atoms with Gasteiger partial charge in [0.05, 0.1) is 0 Å². The number of hydrogen-bond donors (Lipinski definition) is 1. The van der Waals surface area contributed by atoms with Crippen molar-refractivity contribution in [3.63, 3.8) is 0 Å². The number of carbonyl (C=O) groups is 2. The Morgan fingerprint density at radius 2 is 1.93 bits per heavy atom. The van der Waals surface area contributed by atoms with Crippen molar-refractivity contribution in [2.24, 2.45) is 0 Å². The maximum absolute atomic E-state index is 11.3. The van der Waals surface area contributed by atoms with Crippen LogP contribution in [0.2, 0.25) is 0 Å². The molecule has 3 nitrogen and oxygen atoms in total. The van der Waals surface area contributed by atoms with Gasteiger partial charge in [0.25, 0.3) is 0 Å². The molecule has 82 valence electrons. The highest BCUT2D eigenvalue weighted by molar-refractivity contribution is 5.79. The number of rotatable bonds is 7. The molecule has 0 aromatic rings. The van der Waals surface area contributed by atoms with Gasteiger partial charge in [-0.05, 0) is 20.3 Å². The van der Waals surface area contributed by atoms with E-state index >= 15 is 0 Å². The second-order valence-electron chi connectivity index (χ2n) is 3.83. The summed E-state index contributed by atoms with van der Waals surface area (Å²) in [5.41, 5.74) is 0. The van der Waals surface area contributed by atoms with Crippen LogP contribution in [0.5, 0.6) is 0 Å². The Bertz CT molecular complexity index is 190. The molecule has 1 unspecified atom stereocenters. The van der Waals surface area contributed by atoms with Crippen molar-refractivity contribution < 1.29 is 9.59 Å². The molecule has 3 heteroatoms. The molecule has 0 rings (SSSR count). The maximum Gasteiger partial charge on any atom is 0.220 e. The van der Waals surface area contributed by atoms with Crippen molar-refractivity contribution in [1.29, 1.82) is 0 Å². The molecular weight excluding hydrogens is 178 g/mol. The third-order valence-electron chi connectivity index (χ3n) is 2.01. The molecule has 0 bridgehead atoms. The summed E-state index contributed by atoms with van der Waals surface area (Å²) in [5, 5.41) is 2.81. The monoisotopic (exact) mass is 199 g/mol. The van der Waals surface area contributed by atoms with Crippen molar-refractivity contribution >= 4 is 11.7 Å². The van der Waals surface area contributed by atoms with E-state index in [1.165, 1.54) is 0 Å². The first-order valence-electron chi connectivity index (χ1n) is 5.35. The summed E-state index contributed by atoms with van der Waals surface area (Å²) in [6, 6.07) is -0.0263. The van der Waals surface area contributed by atoms with E-state index in [0.717, 1.165) is 19.3 Å². The van der Waals surface area contributed by atoms with Crippen molar-refractivity contribution in [3.8, 4) is 0 Å². The molecule has 1 N–H and O–H groups in total. The number of ketones is 1. The number of unbranched alkanes of at least 4 members (excludes halogenated alkanes) is 2. The first-order chi connectivity index (χ1) is 6.56. The van der Waals surface area contributed by atoms with Crippen LogP contribution in [0.1, 0.15) is 52.9 Å². The molecule has 0 aromatic carbocycles. The van der Waals surface area contributed by atoms with Crippen LogP contribution in [0.4, 0.5) is 0 Å². The second kappa shape index (κ2) is 7.54. The van der Waals surface area contributed by atoms with E-state index in [1.807, 2.05) is 6.92 Å².